The molecule has 1 aliphatic rings. The number of carbonyl (C=O) groups is 11. The smallest absolute Gasteiger partial charge is 0.390 e. The van der Waals surface area contributed by atoms with E-state index in [1.165, 1.54) is 103 Å². The number of benzene rings is 1. The van der Waals surface area contributed by atoms with Crippen LogP contribution in [0.2, 0.25) is 0 Å². The third-order valence-electron chi connectivity index (χ3n) is 18.4. The van der Waals surface area contributed by atoms with E-state index in [4.69, 9.17) is 4.74 Å². The van der Waals surface area contributed by atoms with Gasteiger partial charge >= 0.3 is 6.18 Å². The topological polar surface area (TPSA) is 291 Å². The van der Waals surface area contributed by atoms with Gasteiger partial charge in [0.25, 0.3) is 5.91 Å². The molecule has 1 saturated heterocycles. The Bertz CT molecular complexity index is 3020. The molecule has 0 aliphatic carbocycles. The van der Waals surface area contributed by atoms with E-state index in [1.807, 2.05) is 55.4 Å². The van der Waals surface area contributed by atoms with Crippen LogP contribution in [0.5, 0.6) is 0 Å². The molecule has 1 aromatic carbocycles. The Labute approximate surface area is 598 Å². The summed E-state index contributed by atoms with van der Waals surface area (Å²) in [6, 6.07) is -9.43. The number of halogens is 3. The molecule has 572 valence electrons. The highest BCUT2D eigenvalue weighted by Crippen LogP contribution is 2.30. The van der Waals surface area contributed by atoms with Gasteiger partial charge < -0.3 is 70.3 Å². The van der Waals surface area contributed by atoms with Gasteiger partial charge in [-0.25, -0.2) is 0 Å². The first kappa shape index (κ1) is 89.6. The SMILES string of the molecule is C=C(C)[C@@H]1NC(=O)[C@H](CCC(C)C)N(C)C(=O)C(OCCN(C)C)N(C)C(=O)[C@H](CC)NC(=O)[C@H]([C@H](O)[C@H](C)C/C=C/c2ccc(C(F)(F)F)cc2)N(C)C(=O)[C@H](C(C)C)N(C)C(=O)[C@H](CC(C)C)N(C)C(=O)[C@H](CC(C)C)N(C)C(=O)[C@@H](C)NC(=O)[C@H](C)NC(=O)[C@H](CC(C)C)N(C)C1=O. The van der Waals surface area contributed by atoms with Gasteiger partial charge in [0.2, 0.25) is 65.3 Å². The van der Waals surface area contributed by atoms with Crippen LogP contribution in [0.4, 0.5) is 13.2 Å². The van der Waals surface area contributed by atoms with Crippen LogP contribution in [-0.4, -0.2) is 259 Å². The molecule has 0 spiro atoms. The highest BCUT2D eigenvalue weighted by molar-refractivity contribution is 6.00. The summed E-state index contributed by atoms with van der Waals surface area (Å²) in [7, 11) is 13.0. The van der Waals surface area contributed by atoms with Gasteiger partial charge in [0.05, 0.1) is 18.3 Å². The van der Waals surface area contributed by atoms with Gasteiger partial charge in [0.1, 0.15) is 60.4 Å². The summed E-state index contributed by atoms with van der Waals surface area (Å²) in [6.45, 7) is 29.7. The Morgan fingerprint density at radius 2 is 1.03 bits per heavy atom. The zero-order valence-electron chi connectivity index (χ0n) is 64.5. The van der Waals surface area contributed by atoms with Crippen molar-refractivity contribution in [3.05, 3.63) is 53.6 Å². The van der Waals surface area contributed by atoms with Crippen molar-refractivity contribution in [2.75, 3.05) is 76.6 Å². The molecule has 0 saturated carbocycles. The Morgan fingerprint density at radius 1 is 0.564 bits per heavy atom. The van der Waals surface area contributed by atoms with Gasteiger partial charge in [0.15, 0.2) is 0 Å². The minimum atomic E-state index is -4.58. The minimum Gasteiger partial charge on any atom is -0.390 e. The number of nitrogens with one attached hydrogen (secondary N) is 4. The highest BCUT2D eigenvalue weighted by atomic mass is 19.4. The normalized spacial score (nSPS) is 25.4. The number of aliphatic hydroxyl groups is 1. The molecule has 1 aliphatic heterocycles. The fourth-order valence-corrected chi connectivity index (χ4v) is 12.0. The third-order valence-corrected chi connectivity index (χ3v) is 18.4. The maximum atomic E-state index is 15.5. The zero-order valence-corrected chi connectivity index (χ0v) is 64.5. The molecule has 0 aromatic heterocycles. The molecule has 0 bridgehead atoms. The standard InChI is InChI=1S/C73H121F3N12O13/c1-26-52-66(95)88(25)72(101-37-36-81(17)18)71(100)82(19)53(35-30-41(2)3)62(91)80-57(45(10)11)69(98)83(20)54(38-42(4)5)63(92)77-48(15)61(90)78-49(16)65(94)84(21)55(39-43(6)7)67(96)85(22)56(40-44(8)9)68(97)86(23)58(46(12)13)70(99)87(24)59(64(93)79-52)60(89)47(14)28-27-29-50-31-33-51(34-32-50)73(74,75)76/h27,29,31-34,41-44,46-49,52-60,72,89H,10,26,28,30,35-40H2,1-9,11-25H3,(H,77,92)(H,78,90)(H,79,93)(H,80,91)/b29-27+/t47-,48+,49-,52+,53+,54+,55+,56+,57+,58+,59+,60-,72?/m1/s1. The van der Waals surface area contributed by atoms with Crippen molar-refractivity contribution < 1.29 is 75.8 Å². The van der Waals surface area contributed by atoms with Gasteiger partial charge in [-0.15, -0.1) is 0 Å². The summed E-state index contributed by atoms with van der Waals surface area (Å²) in [6.07, 6.45) is -4.45. The van der Waals surface area contributed by atoms with Crippen LogP contribution in [0.3, 0.4) is 0 Å². The van der Waals surface area contributed by atoms with Crippen LogP contribution in [0.15, 0.2) is 42.5 Å². The Hall–Kier alpha value is -7.46. The number of ether oxygens (including phenoxy) is 1. The van der Waals surface area contributed by atoms with E-state index in [0.717, 1.165) is 31.7 Å². The number of likely N-dealkylation sites (N-methyl/N-ethyl adjacent to an activating group) is 8. The Morgan fingerprint density at radius 3 is 1.50 bits per heavy atom. The summed E-state index contributed by atoms with van der Waals surface area (Å²) in [5, 5.41) is 23.4. The summed E-state index contributed by atoms with van der Waals surface area (Å²) in [5.41, 5.74) is -0.304. The number of aliphatic hydroxyl groups excluding tert-OH is 1. The van der Waals surface area contributed by atoms with Crippen molar-refractivity contribution in [1.29, 1.82) is 0 Å². The summed E-state index contributed by atoms with van der Waals surface area (Å²) >= 11 is 0. The van der Waals surface area contributed by atoms with Crippen molar-refractivity contribution in [2.24, 2.45) is 35.5 Å². The van der Waals surface area contributed by atoms with Gasteiger partial charge in [-0.1, -0.05) is 114 Å². The first-order chi connectivity index (χ1) is 46.7. The molecular formula is C73H121F3N12O13. The summed E-state index contributed by atoms with van der Waals surface area (Å²) in [5.74, 6) is -11.0. The quantitative estimate of drug-likeness (QED) is 0.0932. The first-order valence-corrected chi connectivity index (χ1v) is 35.2. The lowest BCUT2D eigenvalue weighted by Gasteiger charge is -2.41. The van der Waals surface area contributed by atoms with Crippen LogP contribution >= 0.6 is 0 Å². The lowest BCUT2D eigenvalue weighted by atomic mass is 9.91. The van der Waals surface area contributed by atoms with Crippen LogP contribution < -0.4 is 21.3 Å². The zero-order chi connectivity index (χ0) is 77.7. The second-order valence-corrected chi connectivity index (χ2v) is 29.7. The van der Waals surface area contributed by atoms with Gasteiger partial charge in [-0.2, -0.15) is 13.2 Å². The number of rotatable bonds is 21. The Kier molecular flexibility index (Phi) is 35.9. The van der Waals surface area contributed by atoms with E-state index in [9.17, 15) is 42.3 Å². The molecular weight excluding hydrogens is 1310 g/mol. The number of hydrogen-bond donors (Lipinski definition) is 5. The van der Waals surface area contributed by atoms with Gasteiger partial charge in [-0.3, -0.25) is 52.7 Å². The minimum absolute atomic E-state index is 0.00228. The molecule has 101 heavy (non-hydrogen) atoms. The van der Waals surface area contributed by atoms with Crippen LogP contribution in [0, 0.1) is 35.5 Å². The number of nitrogens with zero attached hydrogens (tertiary/aromatic N) is 8. The molecule has 0 radical (unpaired) electrons. The number of allylic oxidation sites excluding steroid dienone is 1. The maximum absolute atomic E-state index is 15.5. The van der Waals surface area contributed by atoms with E-state index in [1.54, 1.807) is 52.8 Å². The molecule has 1 fully saturated rings. The number of hydrogen-bond acceptors (Lipinski definition) is 14. The number of carbonyl (C=O) groups excluding carboxylic acids is 11. The van der Waals surface area contributed by atoms with E-state index in [-0.39, 0.29) is 80.9 Å². The van der Waals surface area contributed by atoms with Crippen LogP contribution in [-0.2, 0) is 63.7 Å². The van der Waals surface area contributed by atoms with Gasteiger partial charge in [0, 0.05) is 55.9 Å². The fraction of sp³-hybridized carbons (Fsp3) is 0.712. The molecule has 13 atom stereocenters. The predicted molar refractivity (Wildman–Crippen MR) is 382 cm³/mol. The molecule has 1 heterocycles. The van der Waals surface area contributed by atoms with Crippen LogP contribution in [0.1, 0.15) is 160 Å². The van der Waals surface area contributed by atoms with E-state index < -0.39 is 161 Å². The largest absolute Gasteiger partial charge is 0.416 e. The van der Waals surface area contributed by atoms with Crippen molar-refractivity contribution in [2.45, 2.75) is 228 Å². The van der Waals surface area contributed by atoms with E-state index in [0.29, 0.717) is 12.0 Å². The predicted octanol–water partition coefficient (Wildman–Crippen LogP) is 5.64. The average Bonchev–Trinajstić information content (AvgIpc) is 0.816. The Balaban J connectivity index is 3.16. The molecule has 1 unspecified atom stereocenters. The number of alkyl halides is 3. The summed E-state index contributed by atoms with van der Waals surface area (Å²) in [4.78, 5) is 174. The van der Waals surface area contributed by atoms with E-state index >= 15 is 28.8 Å². The molecule has 25 nitrogen and oxygen atoms in total. The molecule has 5 N–H and O–H groups in total. The average molecular weight is 1430 g/mol. The van der Waals surface area contributed by atoms with Gasteiger partial charge in [-0.05, 0) is 139 Å². The molecule has 2 rings (SSSR count). The second-order valence-electron chi connectivity index (χ2n) is 29.7. The van der Waals surface area contributed by atoms with Crippen LogP contribution in [0.25, 0.3) is 6.08 Å². The first-order valence-electron chi connectivity index (χ1n) is 35.2. The lowest BCUT2D eigenvalue weighted by Crippen LogP contribution is -2.64. The van der Waals surface area contributed by atoms with Crippen molar-refractivity contribution in [3.8, 4) is 0 Å². The maximum Gasteiger partial charge on any atom is 0.416 e. The summed E-state index contributed by atoms with van der Waals surface area (Å²) < 4.78 is 46.6. The third kappa shape index (κ3) is 25.8. The highest BCUT2D eigenvalue weighted by Gasteiger charge is 2.47. The fourth-order valence-electron chi connectivity index (χ4n) is 12.0. The monoisotopic (exact) mass is 1430 g/mol. The number of amides is 11. The van der Waals surface area contributed by atoms with E-state index in [2.05, 4.69) is 27.8 Å². The second kappa shape index (κ2) is 40.4. The van der Waals surface area contributed by atoms with Crippen molar-refractivity contribution in [3.63, 3.8) is 0 Å². The molecule has 1 aromatic rings. The molecule has 28 heteroatoms. The van der Waals surface area contributed by atoms with Crippen molar-refractivity contribution in [1.82, 2.24) is 60.5 Å². The molecule has 11 amide bonds. The van der Waals surface area contributed by atoms with Crippen molar-refractivity contribution >= 4 is 71.1 Å². The lowest BCUT2D eigenvalue weighted by molar-refractivity contribution is -0.168.